The molecule has 3 N–H and O–H groups in total. The molecule has 0 unspecified atom stereocenters. The van der Waals surface area contributed by atoms with E-state index in [0.29, 0.717) is 23.3 Å². The molecule has 0 aliphatic carbocycles. The van der Waals surface area contributed by atoms with Crippen molar-refractivity contribution in [2.45, 2.75) is 32.2 Å². The number of likely N-dealkylation sites (tertiary alicyclic amines) is 1. The fraction of sp³-hybridized carbons (Fsp3) is 0.647. The number of primary amides is 1. The summed E-state index contributed by atoms with van der Waals surface area (Å²) in [6.45, 7) is 6.43. The van der Waals surface area contributed by atoms with Gasteiger partial charge in [0.25, 0.3) is 5.91 Å². The molecule has 0 aromatic carbocycles. The molecule has 1 aromatic heterocycles. The Morgan fingerprint density at radius 1 is 1.26 bits per heavy atom. The molecule has 0 bridgehead atoms. The van der Waals surface area contributed by atoms with Crippen molar-refractivity contribution in [2.75, 3.05) is 43.4 Å². The Bertz CT molecular complexity index is 568. The smallest absolute Gasteiger partial charge is 0.252 e. The molecule has 0 radical (unpaired) electrons. The fourth-order valence-electron chi connectivity index (χ4n) is 3.42. The van der Waals surface area contributed by atoms with Gasteiger partial charge in [-0.1, -0.05) is 6.92 Å². The van der Waals surface area contributed by atoms with Crippen LogP contribution in [0.1, 0.15) is 36.5 Å². The van der Waals surface area contributed by atoms with Crippen LogP contribution in [-0.2, 0) is 0 Å². The molecule has 6 heteroatoms. The summed E-state index contributed by atoms with van der Waals surface area (Å²) in [7, 11) is 2.14. The molecule has 23 heavy (non-hydrogen) atoms. The largest absolute Gasteiger partial charge is 0.367 e. The highest BCUT2D eigenvalue weighted by Crippen LogP contribution is 2.26. The molecule has 0 spiro atoms. The number of hydrogen-bond acceptors (Lipinski definition) is 5. The van der Waals surface area contributed by atoms with Gasteiger partial charge in [0.2, 0.25) is 0 Å². The highest BCUT2D eigenvalue weighted by Gasteiger charge is 2.23. The van der Waals surface area contributed by atoms with E-state index in [1.54, 1.807) is 0 Å². The molecule has 2 saturated heterocycles. The van der Waals surface area contributed by atoms with Crippen LogP contribution in [0.5, 0.6) is 0 Å². The van der Waals surface area contributed by atoms with E-state index >= 15 is 0 Å². The third-order valence-electron chi connectivity index (χ3n) is 4.95. The number of piperidine rings is 1. The van der Waals surface area contributed by atoms with Crippen LogP contribution in [0.2, 0.25) is 0 Å². The fourth-order valence-corrected chi connectivity index (χ4v) is 3.42. The molecule has 3 heterocycles. The number of nitrogens with zero attached hydrogens (tertiary/aromatic N) is 3. The monoisotopic (exact) mass is 317 g/mol. The molecule has 2 fully saturated rings. The molecule has 1 amide bonds. The number of rotatable bonds is 4. The van der Waals surface area contributed by atoms with Crippen molar-refractivity contribution in [3.05, 3.63) is 17.7 Å². The van der Waals surface area contributed by atoms with Crippen LogP contribution in [-0.4, -0.2) is 55.1 Å². The van der Waals surface area contributed by atoms with E-state index in [0.717, 1.165) is 44.8 Å². The van der Waals surface area contributed by atoms with Gasteiger partial charge in [-0.3, -0.25) is 4.79 Å². The van der Waals surface area contributed by atoms with Crippen LogP contribution in [0.25, 0.3) is 0 Å². The molecule has 2 aliphatic heterocycles. The van der Waals surface area contributed by atoms with Crippen molar-refractivity contribution < 1.29 is 4.79 Å². The zero-order chi connectivity index (χ0) is 16.4. The summed E-state index contributed by atoms with van der Waals surface area (Å²) in [6, 6.07) is 4.08. The predicted octanol–water partition coefficient (Wildman–Crippen LogP) is 1.53. The maximum Gasteiger partial charge on any atom is 0.252 e. The van der Waals surface area contributed by atoms with Crippen LogP contribution in [0, 0.1) is 5.92 Å². The van der Waals surface area contributed by atoms with Crippen LogP contribution < -0.4 is 16.0 Å². The van der Waals surface area contributed by atoms with Gasteiger partial charge in [0, 0.05) is 19.1 Å². The number of hydrogen-bond donors (Lipinski definition) is 2. The summed E-state index contributed by atoms with van der Waals surface area (Å²) in [5, 5.41) is 3.46. The maximum atomic E-state index is 11.7. The Hall–Kier alpha value is -1.82. The third-order valence-corrected chi connectivity index (χ3v) is 4.95. The zero-order valence-corrected chi connectivity index (χ0v) is 14.1. The minimum atomic E-state index is -0.422. The summed E-state index contributed by atoms with van der Waals surface area (Å²) in [6.07, 6.45) is 3.31. The van der Waals surface area contributed by atoms with Crippen molar-refractivity contribution in [2.24, 2.45) is 11.7 Å². The Kier molecular flexibility index (Phi) is 4.71. The van der Waals surface area contributed by atoms with E-state index in [1.165, 1.54) is 6.42 Å². The van der Waals surface area contributed by atoms with E-state index in [1.807, 2.05) is 12.1 Å². The Balaban J connectivity index is 1.79. The lowest BCUT2D eigenvalue weighted by atomic mass is 10.1. The standard InChI is InChI=1S/C17H27N5O/c1-12-5-10-22(11-12)15-4-3-14(16(18)23)17(20-15)19-13-6-8-21(2)9-7-13/h3-4,12-13H,5-11H2,1-2H3,(H2,18,23)(H,19,20)/t12-/m0/s1. The topological polar surface area (TPSA) is 74.5 Å². The average Bonchev–Trinajstić information content (AvgIpc) is 2.96. The van der Waals surface area contributed by atoms with Gasteiger partial charge in [-0.2, -0.15) is 0 Å². The molecule has 0 saturated carbocycles. The van der Waals surface area contributed by atoms with Crippen molar-refractivity contribution in [1.82, 2.24) is 9.88 Å². The number of anilines is 2. The first kappa shape index (κ1) is 16.1. The number of aromatic nitrogens is 1. The van der Waals surface area contributed by atoms with E-state index < -0.39 is 5.91 Å². The van der Waals surface area contributed by atoms with Crippen molar-refractivity contribution >= 4 is 17.5 Å². The summed E-state index contributed by atoms with van der Waals surface area (Å²) in [4.78, 5) is 21.1. The Morgan fingerprint density at radius 2 is 2.00 bits per heavy atom. The number of pyridine rings is 1. The van der Waals surface area contributed by atoms with Gasteiger partial charge in [0.05, 0.1) is 5.56 Å². The van der Waals surface area contributed by atoms with Gasteiger partial charge in [0.1, 0.15) is 11.6 Å². The first-order chi connectivity index (χ1) is 11.0. The van der Waals surface area contributed by atoms with Crippen LogP contribution in [0.15, 0.2) is 12.1 Å². The lowest BCUT2D eigenvalue weighted by Gasteiger charge is -2.30. The number of amides is 1. The SMILES string of the molecule is C[C@H]1CCN(c2ccc(C(N)=O)c(NC3CCN(C)CC3)n2)C1. The van der Waals surface area contributed by atoms with Crippen molar-refractivity contribution in [1.29, 1.82) is 0 Å². The minimum absolute atomic E-state index is 0.351. The van der Waals surface area contributed by atoms with E-state index in [9.17, 15) is 4.79 Å². The normalized spacial score (nSPS) is 23.2. The number of nitrogens with one attached hydrogen (secondary N) is 1. The third kappa shape index (κ3) is 3.75. The van der Waals surface area contributed by atoms with E-state index in [2.05, 4.69) is 29.1 Å². The van der Waals surface area contributed by atoms with E-state index in [4.69, 9.17) is 10.7 Å². The first-order valence-electron chi connectivity index (χ1n) is 8.54. The van der Waals surface area contributed by atoms with Crippen LogP contribution in [0.4, 0.5) is 11.6 Å². The molecular formula is C17H27N5O. The van der Waals surface area contributed by atoms with Gasteiger partial charge in [-0.15, -0.1) is 0 Å². The number of carbonyl (C=O) groups excluding carboxylic acids is 1. The summed E-state index contributed by atoms with van der Waals surface area (Å²) < 4.78 is 0. The minimum Gasteiger partial charge on any atom is -0.367 e. The first-order valence-corrected chi connectivity index (χ1v) is 8.54. The second-order valence-corrected chi connectivity index (χ2v) is 6.99. The van der Waals surface area contributed by atoms with Gasteiger partial charge >= 0.3 is 0 Å². The summed E-state index contributed by atoms with van der Waals surface area (Å²) >= 11 is 0. The molecular weight excluding hydrogens is 290 g/mol. The highest BCUT2D eigenvalue weighted by molar-refractivity contribution is 5.97. The second-order valence-electron chi connectivity index (χ2n) is 6.99. The molecule has 2 aliphatic rings. The molecule has 1 atom stereocenters. The highest BCUT2D eigenvalue weighted by atomic mass is 16.1. The van der Waals surface area contributed by atoms with Gasteiger partial charge in [-0.25, -0.2) is 4.98 Å². The summed E-state index contributed by atoms with van der Waals surface area (Å²) in [5.74, 6) is 1.85. The average molecular weight is 317 g/mol. The summed E-state index contributed by atoms with van der Waals surface area (Å²) in [5.41, 5.74) is 6.01. The number of carbonyl (C=O) groups is 1. The van der Waals surface area contributed by atoms with Crippen LogP contribution >= 0.6 is 0 Å². The quantitative estimate of drug-likeness (QED) is 0.881. The molecule has 126 valence electrons. The zero-order valence-electron chi connectivity index (χ0n) is 14.1. The van der Waals surface area contributed by atoms with E-state index in [-0.39, 0.29) is 0 Å². The predicted molar refractivity (Wildman–Crippen MR) is 92.9 cm³/mol. The Morgan fingerprint density at radius 3 is 2.61 bits per heavy atom. The van der Waals surface area contributed by atoms with Crippen molar-refractivity contribution in [3.8, 4) is 0 Å². The molecule has 6 nitrogen and oxygen atoms in total. The second kappa shape index (κ2) is 6.74. The number of nitrogens with two attached hydrogens (primary N) is 1. The van der Waals surface area contributed by atoms with Gasteiger partial charge < -0.3 is 20.9 Å². The molecule has 1 aromatic rings. The van der Waals surface area contributed by atoms with Gasteiger partial charge in [0.15, 0.2) is 0 Å². The van der Waals surface area contributed by atoms with Crippen LogP contribution in [0.3, 0.4) is 0 Å². The molecule has 3 rings (SSSR count). The maximum absolute atomic E-state index is 11.7. The lowest BCUT2D eigenvalue weighted by Crippen LogP contribution is -2.37. The lowest BCUT2D eigenvalue weighted by molar-refractivity contribution is 0.100. The van der Waals surface area contributed by atoms with Crippen molar-refractivity contribution in [3.63, 3.8) is 0 Å². The van der Waals surface area contributed by atoms with Gasteiger partial charge in [-0.05, 0) is 57.5 Å². The Labute approximate surface area is 138 Å².